The summed E-state index contributed by atoms with van der Waals surface area (Å²) in [5, 5.41) is 0. The maximum absolute atomic E-state index is 6.37. The second-order valence-corrected chi connectivity index (χ2v) is 5.80. The number of nitrogens with two attached hydrogens (primary N) is 1. The van der Waals surface area contributed by atoms with Crippen LogP contribution in [0.4, 0.5) is 0 Å². The molecule has 1 atom stereocenters. The summed E-state index contributed by atoms with van der Waals surface area (Å²) in [6.45, 7) is 6.85. The van der Waals surface area contributed by atoms with E-state index < -0.39 is 0 Å². The van der Waals surface area contributed by atoms with Crippen molar-refractivity contribution in [1.82, 2.24) is 0 Å². The van der Waals surface area contributed by atoms with Crippen molar-refractivity contribution in [3.63, 3.8) is 0 Å². The first kappa shape index (κ1) is 15.1. The molecule has 2 N–H and O–H groups in total. The van der Waals surface area contributed by atoms with Crippen molar-refractivity contribution < 1.29 is 4.74 Å². The second kappa shape index (κ2) is 6.42. The normalized spacial score (nSPS) is 12.2. The van der Waals surface area contributed by atoms with Crippen molar-refractivity contribution >= 4 is 15.9 Å². The van der Waals surface area contributed by atoms with Gasteiger partial charge < -0.3 is 10.5 Å². The molecule has 0 saturated heterocycles. The van der Waals surface area contributed by atoms with E-state index in [-0.39, 0.29) is 6.04 Å². The smallest absolute Gasteiger partial charge is 0.133 e. The van der Waals surface area contributed by atoms with E-state index in [4.69, 9.17) is 10.5 Å². The minimum absolute atomic E-state index is 0.124. The second-order valence-electron chi connectivity index (χ2n) is 4.94. The number of hydrogen-bond donors (Lipinski definition) is 1. The quantitative estimate of drug-likeness (QED) is 0.893. The summed E-state index contributed by atoms with van der Waals surface area (Å²) in [6, 6.07) is 12.3. The number of hydrogen-bond acceptors (Lipinski definition) is 2. The van der Waals surface area contributed by atoms with Crippen molar-refractivity contribution in [2.45, 2.75) is 26.8 Å². The zero-order valence-electron chi connectivity index (χ0n) is 12.1. The number of halogens is 1. The molecule has 20 heavy (non-hydrogen) atoms. The summed E-state index contributed by atoms with van der Waals surface area (Å²) in [7, 11) is 0. The Morgan fingerprint density at radius 2 is 1.70 bits per heavy atom. The number of benzene rings is 2. The number of aryl methyl sites for hydroxylation is 2. The molecule has 0 fully saturated rings. The lowest BCUT2D eigenvalue weighted by molar-refractivity contribution is 0.338. The molecule has 0 spiro atoms. The van der Waals surface area contributed by atoms with Crippen molar-refractivity contribution in [2.75, 3.05) is 6.61 Å². The molecule has 106 valence electrons. The molecule has 0 aromatic heterocycles. The van der Waals surface area contributed by atoms with E-state index in [0.29, 0.717) is 6.61 Å². The van der Waals surface area contributed by atoms with E-state index in [1.807, 2.05) is 25.1 Å². The first-order chi connectivity index (χ1) is 9.52. The molecule has 0 amide bonds. The molecule has 0 saturated carbocycles. The van der Waals surface area contributed by atoms with E-state index in [2.05, 4.69) is 48.0 Å². The Morgan fingerprint density at radius 3 is 2.30 bits per heavy atom. The summed E-state index contributed by atoms with van der Waals surface area (Å²) in [5.74, 6) is 0.850. The van der Waals surface area contributed by atoms with Crippen LogP contribution in [0.15, 0.2) is 40.9 Å². The predicted molar refractivity (Wildman–Crippen MR) is 87.3 cm³/mol. The SMILES string of the molecule is CCOc1ccc(C(N)c2ccc(C)c(C)c2)cc1Br. The lowest BCUT2D eigenvalue weighted by Gasteiger charge is -2.16. The maximum Gasteiger partial charge on any atom is 0.133 e. The minimum Gasteiger partial charge on any atom is -0.493 e. The Bertz CT molecular complexity index is 610. The highest BCUT2D eigenvalue weighted by Gasteiger charge is 2.12. The molecule has 2 aromatic rings. The van der Waals surface area contributed by atoms with Gasteiger partial charge in [0.15, 0.2) is 0 Å². The van der Waals surface area contributed by atoms with Gasteiger partial charge in [-0.25, -0.2) is 0 Å². The lowest BCUT2D eigenvalue weighted by atomic mass is 9.96. The van der Waals surface area contributed by atoms with Gasteiger partial charge in [0.25, 0.3) is 0 Å². The molecule has 2 rings (SSSR count). The van der Waals surface area contributed by atoms with Crippen LogP contribution in [-0.4, -0.2) is 6.61 Å². The van der Waals surface area contributed by atoms with Gasteiger partial charge in [0.1, 0.15) is 5.75 Å². The first-order valence-corrected chi connectivity index (χ1v) is 7.57. The molecule has 2 aromatic carbocycles. The third-order valence-electron chi connectivity index (χ3n) is 3.50. The molecular weight excluding hydrogens is 314 g/mol. The maximum atomic E-state index is 6.37. The molecule has 3 heteroatoms. The van der Waals surface area contributed by atoms with Gasteiger partial charge in [-0.1, -0.05) is 24.3 Å². The van der Waals surface area contributed by atoms with Gasteiger partial charge in [-0.2, -0.15) is 0 Å². The third-order valence-corrected chi connectivity index (χ3v) is 4.12. The van der Waals surface area contributed by atoms with Gasteiger partial charge in [-0.05, 0) is 71.1 Å². The summed E-state index contributed by atoms with van der Waals surface area (Å²) in [6.07, 6.45) is 0. The highest BCUT2D eigenvalue weighted by Crippen LogP contribution is 2.30. The van der Waals surface area contributed by atoms with Gasteiger partial charge in [0.2, 0.25) is 0 Å². The van der Waals surface area contributed by atoms with Crippen LogP contribution in [0, 0.1) is 13.8 Å². The van der Waals surface area contributed by atoms with Crippen molar-refractivity contribution in [3.8, 4) is 5.75 Å². The molecular formula is C17H20BrNO. The molecule has 0 aliphatic rings. The van der Waals surface area contributed by atoms with Gasteiger partial charge in [-0.3, -0.25) is 0 Å². The fourth-order valence-corrected chi connectivity index (χ4v) is 2.64. The van der Waals surface area contributed by atoms with Crippen LogP contribution in [0.25, 0.3) is 0 Å². The standard InChI is InChI=1S/C17H20BrNO/c1-4-20-16-8-7-14(10-15(16)18)17(19)13-6-5-11(2)12(3)9-13/h5-10,17H,4,19H2,1-3H3. The van der Waals surface area contributed by atoms with Crippen molar-refractivity contribution in [2.24, 2.45) is 5.73 Å². The van der Waals surface area contributed by atoms with Crippen LogP contribution >= 0.6 is 15.9 Å². The summed E-state index contributed by atoms with van der Waals surface area (Å²) in [4.78, 5) is 0. The Balaban J connectivity index is 2.30. The fraction of sp³-hybridized carbons (Fsp3) is 0.294. The summed E-state index contributed by atoms with van der Waals surface area (Å²) < 4.78 is 6.47. The molecule has 0 bridgehead atoms. The molecule has 0 radical (unpaired) electrons. The van der Waals surface area contributed by atoms with Gasteiger partial charge in [0.05, 0.1) is 17.1 Å². The monoisotopic (exact) mass is 333 g/mol. The van der Waals surface area contributed by atoms with Crippen LogP contribution in [0.3, 0.4) is 0 Å². The lowest BCUT2D eigenvalue weighted by Crippen LogP contribution is -2.12. The molecule has 1 unspecified atom stereocenters. The van der Waals surface area contributed by atoms with E-state index in [1.165, 1.54) is 11.1 Å². The average molecular weight is 334 g/mol. The van der Waals surface area contributed by atoms with Crippen LogP contribution in [-0.2, 0) is 0 Å². The Labute approximate surface area is 129 Å². The highest BCUT2D eigenvalue weighted by atomic mass is 79.9. The predicted octanol–water partition coefficient (Wildman–Crippen LogP) is 4.51. The molecule has 0 aliphatic carbocycles. The zero-order valence-corrected chi connectivity index (χ0v) is 13.7. The first-order valence-electron chi connectivity index (χ1n) is 6.78. The van der Waals surface area contributed by atoms with Gasteiger partial charge in [0, 0.05) is 0 Å². The highest BCUT2D eigenvalue weighted by molar-refractivity contribution is 9.10. The molecule has 0 aliphatic heterocycles. The number of ether oxygens (including phenoxy) is 1. The average Bonchev–Trinajstić information content (AvgIpc) is 2.43. The van der Waals surface area contributed by atoms with Gasteiger partial charge in [-0.15, -0.1) is 0 Å². The molecule has 2 nitrogen and oxygen atoms in total. The van der Waals surface area contributed by atoms with Crippen molar-refractivity contribution in [3.05, 3.63) is 63.1 Å². The van der Waals surface area contributed by atoms with Gasteiger partial charge >= 0.3 is 0 Å². The van der Waals surface area contributed by atoms with Crippen molar-refractivity contribution in [1.29, 1.82) is 0 Å². The molecule has 0 heterocycles. The van der Waals surface area contributed by atoms with E-state index in [0.717, 1.165) is 21.3 Å². The van der Waals surface area contributed by atoms with E-state index >= 15 is 0 Å². The largest absolute Gasteiger partial charge is 0.493 e. The van der Waals surface area contributed by atoms with Crippen LogP contribution in [0.1, 0.15) is 35.2 Å². The summed E-state index contributed by atoms with van der Waals surface area (Å²) >= 11 is 3.53. The minimum atomic E-state index is -0.124. The van der Waals surface area contributed by atoms with E-state index in [1.54, 1.807) is 0 Å². The van der Waals surface area contributed by atoms with E-state index in [9.17, 15) is 0 Å². The van der Waals surface area contributed by atoms with Crippen LogP contribution in [0.2, 0.25) is 0 Å². The van der Waals surface area contributed by atoms with Crippen LogP contribution in [0.5, 0.6) is 5.75 Å². The summed E-state index contributed by atoms with van der Waals surface area (Å²) in [5.41, 5.74) is 11.1. The third kappa shape index (κ3) is 3.22. The number of rotatable bonds is 4. The topological polar surface area (TPSA) is 35.2 Å². The Kier molecular flexibility index (Phi) is 4.84. The zero-order chi connectivity index (χ0) is 14.7. The van der Waals surface area contributed by atoms with Crippen LogP contribution < -0.4 is 10.5 Å². The Morgan fingerprint density at radius 1 is 1.05 bits per heavy atom. The fourth-order valence-electron chi connectivity index (χ4n) is 2.13. The Hall–Kier alpha value is -1.32.